The molecule has 0 spiro atoms. The average molecular weight is 572 g/mol. The number of hydrogen-bond donors (Lipinski definition) is 2. The second-order valence-electron chi connectivity index (χ2n) is 9.56. The quantitative estimate of drug-likeness (QED) is 0.251. The summed E-state index contributed by atoms with van der Waals surface area (Å²) in [6.07, 6.45) is 3.90. The van der Waals surface area contributed by atoms with E-state index in [9.17, 15) is 13.2 Å². The van der Waals surface area contributed by atoms with Crippen molar-refractivity contribution in [1.82, 2.24) is 34.0 Å². The Morgan fingerprint density at radius 3 is 2.60 bits per heavy atom. The van der Waals surface area contributed by atoms with Gasteiger partial charge >= 0.3 is 6.18 Å². The molecule has 1 aliphatic heterocycles. The van der Waals surface area contributed by atoms with Gasteiger partial charge in [0.2, 0.25) is 5.95 Å². The normalized spacial score (nSPS) is 14.3. The van der Waals surface area contributed by atoms with Gasteiger partial charge in [-0.3, -0.25) is 4.90 Å². The number of likely N-dealkylation sites (tertiary alicyclic amines) is 1. The number of aromatic nitrogens is 6. The number of benzene rings is 1. The molecule has 10 nitrogen and oxygen atoms in total. The Morgan fingerprint density at radius 2 is 1.85 bits per heavy atom. The molecular formula is C26H25ClF3N9O. The molecule has 0 atom stereocenters. The Morgan fingerprint density at radius 1 is 1.05 bits per heavy atom. The van der Waals surface area contributed by atoms with E-state index in [-0.39, 0.29) is 22.4 Å². The van der Waals surface area contributed by atoms with Gasteiger partial charge < -0.3 is 19.9 Å². The van der Waals surface area contributed by atoms with Gasteiger partial charge in [0.15, 0.2) is 28.5 Å². The number of imidazole rings is 1. The molecule has 40 heavy (non-hydrogen) atoms. The molecule has 1 fully saturated rings. The summed E-state index contributed by atoms with van der Waals surface area (Å²) >= 11 is 6.74. The average Bonchev–Trinajstić information content (AvgIpc) is 3.65. The Kier molecular flexibility index (Phi) is 6.62. The number of hydrogen-bond acceptors (Lipinski definition) is 8. The third kappa shape index (κ3) is 4.86. The highest BCUT2D eigenvalue weighted by Gasteiger charge is 2.31. The molecule has 1 aromatic carbocycles. The summed E-state index contributed by atoms with van der Waals surface area (Å²) in [5.41, 5.74) is 1.50. The van der Waals surface area contributed by atoms with Crippen LogP contribution in [0.3, 0.4) is 0 Å². The molecule has 1 saturated heterocycles. The van der Waals surface area contributed by atoms with Crippen LogP contribution in [0.15, 0.2) is 43.0 Å². The van der Waals surface area contributed by atoms with E-state index < -0.39 is 11.7 Å². The molecule has 14 heteroatoms. The number of alkyl halides is 3. The summed E-state index contributed by atoms with van der Waals surface area (Å²) in [6, 6.07) is 4.00. The lowest BCUT2D eigenvalue weighted by Crippen LogP contribution is -2.19. The van der Waals surface area contributed by atoms with Crippen molar-refractivity contribution in [2.75, 3.05) is 30.8 Å². The van der Waals surface area contributed by atoms with Gasteiger partial charge in [0.1, 0.15) is 10.5 Å². The number of nitrogens with one attached hydrogen (secondary N) is 2. The molecule has 0 amide bonds. The fourth-order valence-corrected chi connectivity index (χ4v) is 5.23. The molecule has 1 aliphatic rings. The number of halogens is 4. The Hall–Kier alpha value is -4.10. The molecular weight excluding hydrogens is 547 g/mol. The van der Waals surface area contributed by atoms with Crippen LogP contribution in [0.25, 0.3) is 16.7 Å². The first-order valence-electron chi connectivity index (χ1n) is 12.6. The molecule has 0 radical (unpaired) electrons. The van der Waals surface area contributed by atoms with E-state index in [1.54, 1.807) is 47.8 Å². The number of anilines is 3. The summed E-state index contributed by atoms with van der Waals surface area (Å²) in [6.45, 7) is 2.20. The van der Waals surface area contributed by atoms with Gasteiger partial charge in [-0.05, 0) is 49.7 Å². The van der Waals surface area contributed by atoms with E-state index in [2.05, 4.69) is 35.6 Å². The van der Waals surface area contributed by atoms with E-state index in [4.69, 9.17) is 16.3 Å². The fourth-order valence-electron chi connectivity index (χ4n) is 4.94. The molecule has 2 N–H and O–H groups in total. The molecule has 4 aromatic heterocycles. The molecule has 208 valence electrons. The zero-order valence-corrected chi connectivity index (χ0v) is 22.4. The minimum atomic E-state index is -4.48. The smallest absolute Gasteiger partial charge is 0.416 e. The zero-order valence-electron chi connectivity index (χ0n) is 21.6. The van der Waals surface area contributed by atoms with Crippen molar-refractivity contribution in [3.63, 3.8) is 0 Å². The molecule has 0 aliphatic carbocycles. The minimum absolute atomic E-state index is 0.237. The summed E-state index contributed by atoms with van der Waals surface area (Å²) in [4.78, 5) is 15.3. The largest absolute Gasteiger partial charge is 0.450 e. The second-order valence-corrected chi connectivity index (χ2v) is 9.94. The van der Waals surface area contributed by atoms with Crippen molar-refractivity contribution in [1.29, 1.82) is 0 Å². The van der Waals surface area contributed by atoms with Gasteiger partial charge in [-0.25, -0.2) is 14.5 Å². The number of rotatable bonds is 7. The predicted octanol–water partition coefficient (Wildman–Crippen LogP) is 5.86. The Labute approximate surface area is 231 Å². The van der Waals surface area contributed by atoms with Crippen LogP contribution >= 0.6 is 11.6 Å². The lowest BCUT2D eigenvalue weighted by molar-refractivity contribution is -0.137. The molecule has 6 rings (SSSR count). The van der Waals surface area contributed by atoms with Crippen molar-refractivity contribution < 1.29 is 17.9 Å². The maximum atomic E-state index is 13.7. The van der Waals surface area contributed by atoms with Crippen LogP contribution in [0.1, 0.15) is 24.0 Å². The van der Waals surface area contributed by atoms with Gasteiger partial charge in [-0.15, -0.1) is 0 Å². The third-order valence-electron chi connectivity index (χ3n) is 6.84. The monoisotopic (exact) mass is 571 g/mol. The van der Waals surface area contributed by atoms with Crippen LogP contribution in [0.4, 0.5) is 30.6 Å². The fraction of sp³-hybridized carbons (Fsp3) is 0.308. The highest BCUT2D eigenvalue weighted by molar-refractivity contribution is 6.36. The summed E-state index contributed by atoms with van der Waals surface area (Å²) in [5, 5.41) is 10.6. The third-order valence-corrected chi connectivity index (χ3v) is 7.21. The van der Waals surface area contributed by atoms with Crippen molar-refractivity contribution in [2.24, 2.45) is 7.05 Å². The Bertz CT molecular complexity index is 1710. The van der Waals surface area contributed by atoms with Crippen LogP contribution < -0.4 is 15.4 Å². The van der Waals surface area contributed by atoms with Crippen molar-refractivity contribution in [2.45, 2.75) is 25.6 Å². The summed E-state index contributed by atoms with van der Waals surface area (Å²) in [5.74, 6) is 1.52. The molecule has 0 bridgehead atoms. The van der Waals surface area contributed by atoms with Crippen LogP contribution in [0.5, 0.6) is 11.5 Å². The maximum Gasteiger partial charge on any atom is 0.416 e. The van der Waals surface area contributed by atoms with E-state index in [0.717, 1.165) is 32.0 Å². The van der Waals surface area contributed by atoms with E-state index >= 15 is 0 Å². The number of nitrogens with zero attached hydrogens (tertiary/aromatic N) is 7. The number of pyridine rings is 1. The molecule has 5 heterocycles. The number of ether oxygens (including phenoxy) is 1. The van der Waals surface area contributed by atoms with Gasteiger partial charge in [0, 0.05) is 38.7 Å². The van der Waals surface area contributed by atoms with Gasteiger partial charge in [0.05, 0.1) is 18.0 Å². The molecule has 5 aromatic rings. The number of fused-ring (bicyclic) bond motifs is 2. The van der Waals surface area contributed by atoms with Gasteiger partial charge in [0.25, 0.3) is 0 Å². The molecule has 0 unspecified atom stereocenters. The minimum Gasteiger partial charge on any atom is -0.450 e. The SMILES string of the molecule is CNc1nccn2ncc(Oc3cnc4nc(Nc5cc(CN6CCCC6)cc(C(F)(F)F)c5)n(C)c4c3Cl)c12. The van der Waals surface area contributed by atoms with E-state index in [1.165, 1.54) is 12.3 Å². The van der Waals surface area contributed by atoms with Gasteiger partial charge in [-0.1, -0.05) is 11.6 Å². The van der Waals surface area contributed by atoms with Crippen molar-refractivity contribution in [3.8, 4) is 11.5 Å². The highest BCUT2D eigenvalue weighted by Crippen LogP contribution is 2.38. The topological polar surface area (TPSA) is 97.4 Å². The first-order chi connectivity index (χ1) is 19.2. The van der Waals surface area contributed by atoms with Gasteiger partial charge in [-0.2, -0.15) is 23.3 Å². The van der Waals surface area contributed by atoms with E-state index in [0.29, 0.717) is 40.4 Å². The Balaban J connectivity index is 1.33. The van der Waals surface area contributed by atoms with Crippen LogP contribution in [-0.4, -0.2) is 54.2 Å². The molecule has 0 saturated carbocycles. The second kappa shape index (κ2) is 10.1. The lowest BCUT2D eigenvalue weighted by atomic mass is 10.1. The predicted molar refractivity (Wildman–Crippen MR) is 145 cm³/mol. The van der Waals surface area contributed by atoms with Crippen LogP contribution in [-0.2, 0) is 19.8 Å². The van der Waals surface area contributed by atoms with Crippen LogP contribution in [0, 0.1) is 0 Å². The lowest BCUT2D eigenvalue weighted by Gasteiger charge is -2.18. The first kappa shape index (κ1) is 26.1. The summed E-state index contributed by atoms with van der Waals surface area (Å²) < 4.78 is 50.5. The van der Waals surface area contributed by atoms with E-state index in [1.807, 2.05) is 0 Å². The van der Waals surface area contributed by atoms with Crippen LogP contribution in [0.2, 0.25) is 5.02 Å². The zero-order chi connectivity index (χ0) is 28.0. The maximum absolute atomic E-state index is 13.7. The highest BCUT2D eigenvalue weighted by atomic mass is 35.5. The first-order valence-corrected chi connectivity index (χ1v) is 13.0. The van der Waals surface area contributed by atoms with Crippen molar-refractivity contribution in [3.05, 3.63) is 59.1 Å². The summed E-state index contributed by atoms with van der Waals surface area (Å²) in [7, 11) is 3.44. The standard InChI is InChI=1S/C26H25ClF3N9O/c1-31-23-21-19(13-34-39(21)8-5-32-23)40-18-12-33-24-22(20(18)27)37(2)25(36-24)35-17-10-15(14-38-6-3-4-7-38)9-16(11-17)26(28,29)30/h5,8-13H,3-4,6-7,14H2,1-2H3,(H,31,32)(H,33,35,36). The number of aryl methyl sites for hydroxylation is 1. The van der Waals surface area contributed by atoms with Crippen molar-refractivity contribution >= 4 is 45.7 Å².